The lowest BCUT2D eigenvalue weighted by Gasteiger charge is -2.32. The second-order valence-corrected chi connectivity index (χ2v) is 18.1. The third kappa shape index (κ3) is 5.52. The summed E-state index contributed by atoms with van der Waals surface area (Å²) in [6, 6.07) is 32.8. The van der Waals surface area contributed by atoms with E-state index >= 15 is 0 Å². The Kier molecular flexibility index (Phi) is 8.95. The first-order chi connectivity index (χ1) is 21.7. The van der Waals surface area contributed by atoms with Crippen LogP contribution < -0.4 is 0 Å². The highest BCUT2D eigenvalue weighted by molar-refractivity contribution is 7.09. The summed E-state index contributed by atoms with van der Waals surface area (Å²) in [5.41, 5.74) is 17.1. The molecular formula is C44H50Si. The highest BCUT2D eigenvalue weighted by Crippen LogP contribution is 2.54. The van der Waals surface area contributed by atoms with Crippen LogP contribution in [0.3, 0.4) is 0 Å². The molecule has 0 spiro atoms. The maximum atomic E-state index is 2.63. The minimum atomic E-state index is -2.21. The molecule has 0 aromatic heterocycles. The molecule has 0 fully saturated rings. The van der Waals surface area contributed by atoms with E-state index in [1.807, 2.05) is 0 Å². The lowest BCUT2D eigenvalue weighted by Crippen LogP contribution is -2.32. The monoisotopic (exact) mass is 606 g/mol. The molecule has 0 N–H and O–H groups in total. The van der Waals surface area contributed by atoms with Gasteiger partial charge in [-0.3, -0.25) is 0 Å². The Morgan fingerprint density at radius 1 is 0.511 bits per heavy atom. The molecule has 2 atom stereocenters. The van der Waals surface area contributed by atoms with Crippen LogP contribution in [0.5, 0.6) is 0 Å². The van der Waals surface area contributed by atoms with Gasteiger partial charge in [0.15, 0.2) is 0 Å². The molecule has 0 aliphatic heterocycles. The Hall–Kier alpha value is -3.42. The second-order valence-electron chi connectivity index (χ2n) is 13.8. The third-order valence-corrected chi connectivity index (χ3v) is 14.5. The van der Waals surface area contributed by atoms with Crippen molar-refractivity contribution >= 4 is 18.5 Å². The predicted molar refractivity (Wildman–Crippen MR) is 200 cm³/mol. The van der Waals surface area contributed by atoms with E-state index in [9.17, 15) is 0 Å². The number of hydrogen-bond donors (Lipinski definition) is 0. The Balaban J connectivity index is 1.50. The minimum absolute atomic E-state index is 0.584. The average molecular weight is 607 g/mol. The Bertz CT molecular complexity index is 1630. The molecule has 2 radical (unpaired) electrons. The van der Waals surface area contributed by atoms with Crippen molar-refractivity contribution in [3.8, 4) is 22.3 Å². The molecule has 0 heterocycles. The molecule has 2 unspecified atom stereocenters. The van der Waals surface area contributed by atoms with Gasteiger partial charge in [-0.05, 0) is 104 Å². The molecule has 45 heavy (non-hydrogen) atoms. The fourth-order valence-electron chi connectivity index (χ4n) is 7.83. The van der Waals surface area contributed by atoms with Crippen molar-refractivity contribution in [1.82, 2.24) is 0 Å². The molecule has 0 saturated heterocycles. The molecule has 230 valence electrons. The predicted octanol–water partition coefficient (Wildman–Crippen LogP) is 13.0. The fourth-order valence-corrected chi connectivity index (χ4v) is 12.0. The van der Waals surface area contributed by atoms with Gasteiger partial charge in [0.2, 0.25) is 0 Å². The minimum Gasteiger partial charge on any atom is -0.0648 e. The van der Waals surface area contributed by atoms with Crippen LogP contribution in [0.2, 0.25) is 13.1 Å². The van der Waals surface area contributed by atoms with E-state index in [0.29, 0.717) is 11.8 Å². The quantitative estimate of drug-likeness (QED) is 0.158. The van der Waals surface area contributed by atoms with Crippen LogP contribution in [0, 0.1) is 12.8 Å². The van der Waals surface area contributed by atoms with Crippen LogP contribution in [0.15, 0.2) is 96.1 Å². The van der Waals surface area contributed by atoms with Crippen molar-refractivity contribution in [1.29, 1.82) is 0 Å². The smallest absolute Gasteiger partial charge is 0.0648 e. The molecule has 4 aromatic carbocycles. The molecular weight excluding hydrogens is 557 g/mol. The summed E-state index contributed by atoms with van der Waals surface area (Å²) in [6.45, 7) is 19.2. The summed E-state index contributed by atoms with van der Waals surface area (Å²) in [6.07, 6.45) is 9.44. The maximum absolute atomic E-state index is 2.63. The normalized spacial score (nSPS) is 15.8. The molecule has 6 rings (SSSR count). The summed E-state index contributed by atoms with van der Waals surface area (Å²) in [7, 11) is -2.21. The van der Waals surface area contributed by atoms with E-state index in [4.69, 9.17) is 0 Å². The Morgan fingerprint density at radius 3 is 1.22 bits per heavy atom. The number of benzene rings is 4. The van der Waals surface area contributed by atoms with Crippen LogP contribution in [0.25, 0.3) is 32.6 Å². The average Bonchev–Trinajstić information content (AvgIpc) is 3.67. The topological polar surface area (TPSA) is 0 Å². The van der Waals surface area contributed by atoms with Crippen LogP contribution in [0.1, 0.15) is 112 Å². The molecule has 1 heteroatoms. The molecule has 4 aromatic rings. The standard InChI is InChI=1S/C44H50Si/c1-9-29(5)33-19-23-35(24-20-33)39-17-13-15-37-27-31(11-3)43(41(37)39)45(7,8)44-32(12-4)28-38-16-14-18-40(42(38)44)36-25-21-34(22-26-36)30(6)10-2/h13-30H,9-12H2,1-8H3. The van der Waals surface area contributed by atoms with E-state index in [1.54, 1.807) is 10.4 Å². The second kappa shape index (κ2) is 12.8. The molecule has 0 saturated carbocycles. The highest BCUT2D eigenvalue weighted by Gasteiger charge is 2.43. The summed E-state index contributed by atoms with van der Waals surface area (Å²) in [5.74, 6) is 1.17. The summed E-state index contributed by atoms with van der Waals surface area (Å²) in [5, 5.41) is 3.26. The maximum Gasteiger partial charge on any atom is 0.113 e. The first-order valence-electron chi connectivity index (χ1n) is 17.4. The van der Waals surface area contributed by atoms with Crippen LogP contribution in [-0.4, -0.2) is 8.07 Å². The Morgan fingerprint density at radius 2 is 0.889 bits per heavy atom. The van der Waals surface area contributed by atoms with Gasteiger partial charge in [0.1, 0.15) is 8.07 Å². The van der Waals surface area contributed by atoms with Gasteiger partial charge in [-0.1, -0.05) is 151 Å². The summed E-state index contributed by atoms with van der Waals surface area (Å²) >= 11 is 0. The third-order valence-electron chi connectivity index (χ3n) is 10.8. The van der Waals surface area contributed by atoms with Crippen LogP contribution in [-0.2, 0) is 0 Å². The van der Waals surface area contributed by atoms with Gasteiger partial charge in [-0.15, -0.1) is 0 Å². The Labute approximate surface area is 274 Å². The van der Waals surface area contributed by atoms with Gasteiger partial charge < -0.3 is 0 Å². The van der Waals surface area contributed by atoms with E-state index in [-0.39, 0.29) is 0 Å². The number of rotatable bonds is 10. The molecule has 0 bridgehead atoms. The zero-order chi connectivity index (χ0) is 31.9. The lowest BCUT2D eigenvalue weighted by molar-refractivity contribution is 0.734. The largest absolute Gasteiger partial charge is 0.113 e. The number of allylic oxidation sites excluding steroid dienone is 2. The zero-order valence-electron chi connectivity index (χ0n) is 28.7. The van der Waals surface area contributed by atoms with Gasteiger partial charge in [-0.2, -0.15) is 0 Å². The van der Waals surface area contributed by atoms with Crippen LogP contribution in [0.4, 0.5) is 0 Å². The first-order valence-corrected chi connectivity index (χ1v) is 20.4. The molecule has 2 aliphatic carbocycles. The van der Waals surface area contributed by atoms with Gasteiger partial charge >= 0.3 is 0 Å². The van der Waals surface area contributed by atoms with Crippen LogP contribution >= 0.6 is 0 Å². The first kappa shape index (κ1) is 31.6. The molecule has 0 amide bonds. The van der Waals surface area contributed by atoms with Crippen molar-refractivity contribution in [2.75, 3.05) is 0 Å². The van der Waals surface area contributed by atoms with Gasteiger partial charge in [0.25, 0.3) is 0 Å². The molecule has 2 aliphatic rings. The van der Waals surface area contributed by atoms with Crippen molar-refractivity contribution in [2.45, 2.75) is 92.2 Å². The van der Waals surface area contributed by atoms with Crippen molar-refractivity contribution < 1.29 is 0 Å². The van der Waals surface area contributed by atoms with E-state index < -0.39 is 8.07 Å². The van der Waals surface area contributed by atoms with Crippen molar-refractivity contribution in [2.24, 2.45) is 0 Å². The highest BCUT2D eigenvalue weighted by atomic mass is 28.3. The zero-order valence-corrected chi connectivity index (χ0v) is 29.7. The molecule has 0 nitrogen and oxygen atoms in total. The van der Waals surface area contributed by atoms with E-state index in [0.717, 1.165) is 12.8 Å². The number of fused-ring (bicyclic) bond motifs is 2. The van der Waals surface area contributed by atoms with Gasteiger partial charge in [0, 0.05) is 12.8 Å². The van der Waals surface area contributed by atoms with Gasteiger partial charge in [-0.25, -0.2) is 0 Å². The SMILES string of the molecule is CCC1=C([Si](C)(C)C2=C(CC)[CH]c3cccc(-c4ccc(C(C)CC)cc4)c32)c2c(cccc2-c2ccc(C(C)CC)cc2)[CH]1. The van der Waals surface area contributed by atoms with E-state index in [2.05, 4.69) is 152 Å². The summed E-state index contributed by atoms with van der Waals surface area (Å²) < 4.78 is 0. The van der Waals surface area contributed by atoms with Gasteiger partial charge in [0.05, 0.1) is 0 Å². The van der Waals surface area contributed by atoms with E-state index in [1.165, 1.54) is 79.6 Å². The number of hydrogen-bond acceptors (Lipinski definition) is 0. The fraction of sp³-hybridized carbons (Fsp3) is 0.318. The van der Waals surface area contributed by atoms with Crippen molar-refractivity contribution in [3.05, 3.63) is 142 Å². The summed E-state index contributed by atoms with van der Waals surface area (Å²) in [4.78, 5) is 0. The van der Waals surface area contributed by atoms with Crippen molar-refractivity contribution in [3.63, 3.8) is 0 Å². The lowest BCUT2D eigenvalue weighted by atomic mass is 9.93.